The van der Waals surface area contributed by atoms with Crippen molar-refractivity contribution in [3.8, 4) is 11.3 Å². The predicted molar refractivity (Wildman–Crippen MR) is 148 cm³/mol. The molecule has 0 unspecified atom stereocenters. The number of hydrogen-bond acceptors (Lipinski definition) is 7. The number of nitrogens with zero attached hydrogens (tertiary/aromatic N) is 4. The van der Waals surface area contributed by atoms with Crippen LogP contribution in [-0.2, 0) is 16.2 Å². The van der Waals surface area contributed by atoms with Crippen molar-refractivity contribution in [2.45, 2.75) is 27.3 Å². The van der Waals surface area contributed by atoms with Gasteiger partial charge in [-0.15, -0.1) is 5.06 Å². The molecule has 0 atom stereocenters. The molecule has 38 heavy (non-hydrogen) atoms. The normalized spacial score (nSPS) is 15.3. The second-order valence-corrected chi connectivity index (χ2v) is 10.6. The van der Waals surface area contributed by atoms with Crippen LogP contribution in [0.15, 0.2) is 59.8 Å². The first-order chi connectivity index (χ1) is 18.2. The molecule has 2 N–H and O–H groups in total. The Morgan fingerprint density at radius 1 is 1.03 bits per heavy atom. The first-order valence-electron chi connectivity index (χ1n) is 12.7. The van der Waals surface area contributed by atoms with Gasteiger partial charge in [0.1, 0.15) is 5.65 Å². The van der Waals surface area contributed by atoms with E-state index in [1.807, 2.05) is 45.1 Å². The van der Waals surface area contributed by atoms with Crippen LogP contribution in [0.4, 0.5) is 0 Å². The Morgan fingerprint density at radius 3 is 2.50 bits per heavy atom. The van der Waals surface area contributed by atoms with E-state index in [1.54, 1.807) is 17.3 Å². The SMILES string of the molecule is CC(C)(C)C(=O)ON1CCN(Cc2ccc(/C=C/c3cc(-c4cc5c(=O)[nH]cnc5[nH]4)ccn3)cc2)CC1. The van der Waals surface area contributed by atoms with Crippen LogP contribution in [0, 0.1) is 5.41 Å². The molecule has 196 valence electrons. The maximum absolute atomic E-state index is 12.1. The molecule has 1 aromatic carbocycles. The van der Waals surface area contributed by atoms with E-state index < -0.39 is 5.41 Å². The molecule has 3 aromatic heterocycles. The van der Waals surface area contributed by atoms with Gasteiger partial charge in [0.25, 0.3) is 5.56 Å². The third kappa shape index (κ3) is 6.07. The van der Waals surface area contributed by atoms with Crippen LogP contribution in [0.1, 0.15) is 37.6 Å². The van der Waals surface area contributed by atoms with Crippen molar-refractivity contribution < 1.29 is 9.63 Å². The van der Waals surface area contributed by atoms with E-state index in [4.69, 9.17) is 4.84 Å². The van der Waals surface area contributed by atoms with Crippen LogP contribution < -0.4 is 5.56 Å². The second-order valence-electron chi connectivity index (χ2n) is 10.6. The van der Waals surface area contributed by atoms with E-state index in [-0.39, 0.29) is 11.5 Å². The molecule has 1 aliphatic rings. The third-order valence-electron chi connectivity index (χ3n) is 6.51. The summed E-state index contributed by atoms with van der Waals surface area (Å²) in [6.07, 6.45) is 7.16. The van der Waals surface area contributed by atoms with Gasteiger partial charge in [0, 0.05) is 50.2 Å². The quantitative estimate of drug-likeness (QED) is 0.400. The number of pyridine rings is 1. The van der Waals surface area contributed by atoms with Crippen molar-refractivity contribution in [1.82, 2.24) is 29.9 Å². The van der Waals surface area contributed by atoms with Crippen molar-refractivity contribution in [2.75, 3.05) is 26.2 Å². The fraction of sp³-hybridized carbons (Fsp3) is 0.310. The summed E-state index contributed by atoms with van der Waals surface area (Å²) >= 11 is 0. The molecule has 0 aliphatic carbocycles. The van der Waals surface area contributed by atoms with Crippen LogP contribution in [0.25, 0.3) is 34.4 Å². The lowest BCUT2D eigenvalue weighted by Gasteiger charge is -2.34. The zero-order valence-electron chi connectivity index (χ0n) is 21.9. The minimum Gasteiger partial charge on any atom is -0.367 e. The van der Waals surface area contributed by atoms with Gasteiger partial charge in [-0.2, -0.15) is 0 Å². The summed E-state index contributed by atoms with van der Waals surface area (Å²) in [5, 5.41) is 2.30. The largest absolute Gasteiger partial charge is 0.367 e. The van der Waals surface area contributed by atoms with Crippen LogP contribution in [0.3, 0.4) is 0 Å². The van der Waals surface area contributed by atoms with Gasteiger partial charge in [0.05, 0.1) is 22.8 Å². The Hall–Kier alpha value is -4.08. The Bertz CT molecular complexity index is 1510. The molecule has 0 radical (unpaired) electrons. The van der Waals surface area contributed by atoms with Crippen LogP contribution in [-0.4, -0.2) is 62.0 Å². The molecular weight excluding hydrogens is 480 g/mol. The molecule has 1 aliphatic heterocycles. The molecule has 4 heterocycles. The van der Waals surface area contributed by atoms with Crippen molar-refractivity contribution in [1.29, 1.82) is 0 Å². The Balaban J connectivity index is 1.17. The van der Waals surface area contributed by atoms with E-state index in [1.165, 1.54) is 11.9 Å². The lowest BCUT2D eigenvalue weighted by molar-refractivity contribution is -0.207. The molecule has 0 saturated carbocycles. The zero-order chi connectivity index (χ0) is 26.7. The highest BCUT2D eigenvalue weighted by Gasteiger charge is 2.27. The van der Waals surface area contributed by atoms with E-state index in [0.29, 0.717) is 24.1 Å². The van der Waals surface area contributed by atoms with Crippen molar-refractivity contribution >= 4 is 29.2 Å². The van der Waals surface area contributed by atoms with Gasteiger partial charge >= 0.3 is 5.97 Å². The number of hydrogen-bond donors (Lipinski definition) is 2. The van der Waals surface area contributed by atoms with Gasteiger partial charge in [-0.05, 0) is 56.2 Å². The highest BCUT2D eigenvalue weighted by molar-refractivity contribution is 5.82. The molecule has 1 fully saturated rings. The summed E-state index contributed by atoms with van der Waals surface area (Å²) in [4.78, 5) is 46.4. The van der Waals surface area contributed by atoms with E-state index >= 15 is 0 Å². The standard InChI is InChI=1S/C29H32N6O3/c1-29(2,3)28(37)38-35-14-12-34(13-15-35)18-21-6-4-20(5-7-21)8-9-23-16-22(10-11-30-23)25-17-24-26(33-25)31-19-32-27(24)36/h4-11,16-17,19H,12-15,18H2,1-3H3,(H2,31,32,33,36)/b9-8+. The van der Waals surface area contributed by atoms with Gasteiger partial charge in [-0.3, -0.25) is 14.7 Å². The summed E-state index contributed by atoms with van der Waals surface area (Å²) < 4.78 is 0. The minimum absolute atomic E-state index is 0.168. The maximum atomic E-state index is 12.1. The molecule has 0 spiro atoms. The van der Waals surface area contributed by atoms with Crippen molar-refractivity contribution in [3.05, 3.63) is 82.2 Å². The molecule has 5 rings (SSSR count). The highest BCUT2D eigenvalue weighted by Crippen LogP contribution is 2.22. The first-order valence-corrected chi connectivity index (χ1v) is 12.7. The number of hydroxylamine groups is 2. The minimum atomic E-state index is -0.497. The number of aromatic nitrogens is 4. The summed E-state index contributed by atoms with van der Waals surface area (Å²) in [6.45, 7) is 9.57. The average molecular weight is 513 g/mol. The fourth-order valence-electron chi connectivity index (χ4n) is 4.22. The number of piperazine rings is 1. The number of carbonyl (C=O) groups is 1. The molecule has 0 amide bonds. The molecular formula is C29H32N6O3. The number of H-pyrrole nitrogens is 2. The second kappa shape index (κ2) is 10.7. The Morgan fingerprint density at radius 2 is 1.79 bits per heavy atom. The van der Waals surface area contributed by atoms with Crippen molar-refractivity contribution in [2.24, 2.45) is 5.41 Å². The van der Waals surface area contributed by atoms with Gasteiger partial charge < -0.3 is 14.8 Å². The van der Waals surface area contributed by atoms with Gasteiger partial charge in [-0.1, -0.05) is 30.3 Å². The fourth-order valence-corrected chi connectivity index (χ4v) is 4.22. The van der Waals surface area contributed by atoms with Crippen LogP contribution in [0.5, 0.6) is 0 Å². The predicted octanol–water partition coefficient (Wildman–Crippen LogP) is 4.11. The van der Waals surface area contributed by atoms with Crippen molar-refractivity contribution in [3.63, 3.8) is 0 Å². The van der Waals surface area contributed by atoms with Gasteiger partial charge in [0.2, 0.25) is 0 Å². The number of rotatable bonds is 6. The van der Waals surface area contributed by atoms with Gasteiger partial charge in [-0.25, -0.2) is 9.78 Å². The summed E-state index contributed by atoms with van der Waals surface area (Å²) in [6, 6.07) is 14.2. The van der Waals surface area contributed by atoms with Crippen LogP contribution in [0.2, 0.25) is 0 Å². The zero-order valence-corrected chi connectivity index (χ0v) is 21.9. The summed E-state index contributed by atoms with van der Waals surface area (Å²) in [5.74, 6) is -0.191. The monoisotopic (exact) mass is 512 g/mol. The molecule has 9 heteroatoms. The molecule has 9 nitrogen and oxygen atoms in total. The first kappa shape index (κ1) is 25.6. The van der Waals surface area contributed by atoms with Crippen LogP contribution >= 0.6 is 0 Å². The average Bonchev–Trinajstić information content (AvgIpc) is 3.35. The molecule has 4 aromatic rings. The molecule has 0 bridgehead atoms. The van der Waals surface area contributed by atoms with Gasteiger partial charge in [0.15, 0.2) is 0 Å². The summed E-state index contributed by atoms with van der Waals surface area (Å²) in [5.41, 5.74) is 4.79. The number of benzene rings is 1. The topological polar surface area (TPSA) is 107 Å². The highest BCUT2D eigenvalue weighted by atomic mass is 16.7. The maximum Gasteiger partial charge on any atom is 0.330 e. The molecule has 1 saturated heterocycles. The number of carbonyl (C=O) groups excluding carboxylic acids is 1. The third-order valence-corrected chi connectivity index (χ3v) is 6.51. The lowest BCUT2D eigenvalue weighted by Crippen LogP contribution is -2.47. The summed E-state index contributed by atoms with van der Waals surface area (Å²) in [7, 11) is 0. The number of aromatic amines is 2. The van der Waals surface area contributed by atoms with E-state index in [0.717, 1.165) is 42.1 Å². The Kier molecular flexibility index (Phi) is 7.22. The number of nitrogens with one attached hydrogen (secondary N) is 2. The Labute approximate surface area is 221 Å². The smallest absolute Gasteiger partial charge is 0.330 e. The number of fused-ring (bicyclic) bond motifs is 1. The van der Waals surface area contributed by atoms with E-state index in [9.17, 15) is 9.59 Å². The van der Waals surface area contributed by atoms with E-state index in [2.05, 4.69) is 49.1 Å². The lowest BCUT2D eigenvalue weighted by atomic mass is 9.98.